The lowest BCUT2D eigenvalue weighted by molar-refractivity contribution is -0.385. The van der Waals surface area contributed by atoms with Gasteiger partial charge in [-0.2, -0.15) is 0 Å². The summed E-state index contributed by atoms with van der Waals surface area (Å²) in [7, 11) is 2.94. The van der Waals surface area contributed by atoms with Crippen LogP contribution in [0.5, 0.6) is 11.5 Å². The van der Waals surface area contributed by atoms with Crippen LogP contribution in [-0.2, 0) is 11.3 Å². The number of benzene rings is 2. The van der Waals surface area contributed by atoms with Crippen LogP contribution in [0.4, 0.5) is 10.5 Å². The summed E-state index contributed by atoms with van der Waals surface area (Å²) in [6, 6.07) is 9.11. The topological polar surface area (TPSA) is 99.0 Å². The lowest BCUT2D eigenvalue weighted by Gasteiger charge is -2.12. The Hall–Kier alpha value is -3.04. The van der Waals surface area contributed by atoms with E-state index in [9.17, 15) is 19.7 Å². The number of nitro groups is 1. The van der Waals surface area contributed by atoms with Crippen LogP contribution in [0.1, 0.15) is 11.1 Å². The van der Waals surface area contributed by atoms with Crippen molar-refractivity contribution < 1.29 is 24.0 Å². The molecule has 2 aromatic rings. The number of carbonyl (C=O) groups excluding carboxylic acids is 2. The normalized spacial score (nSPS) is 15.1. The van der Waals surface area contributed by atoms with Gasteiger partial charge in [0.05, 0.1) is 35.6 Å². The summed E-state index contributed by atoms with van der Waals surface area (Å²) in [5.74, 6) is 0.297. The highest BCUT2D eigenvalue weighted by molar-refractivity contribution is 8.18. The zero-order chi connectivity index (χ0) is 21.1. The Bertz CT molecular complexity index is 1040. The minimum absolute atomic E-state index is 0.154. The Morgan fingerprint density at radius 1 is 1.17 bits per heavy atom. The van der Waals surface area contributed by atoms with E-state index >= 15 is 0 Å². The molecule has 150 valence electrons. The maximum absolute atomic E-state index is 12.7. The standard InChI is InChI=1S/C19H15ClN2O6S/c1-27-15-7-12(13(20)9-16(15)28-2)8-17-18(23)21(19(24)29-17)10-11-5-3-4-6-14(11)22(25)26/h3-9H,10H2,1-2H3/b17-8-. The number of nitro benzene ring substituents is 1. The predicted molar refractivity (Wildman–Crippen MR) is 109 cm³/mol. The van der Waals surface area contributed by atoms with Gasteiger partial charge in [0.2, 0.25) is 0 Å². The van der Waals surface area contributed by atoms with E-state index in [2.05, 4.69) is 0 Å². The second kappa shape index (κ2) is 8.54. The number of thioether (sulfide) groups is 1. The van der Waals surface area contributed by atoms with Gasteiger partial charge in [-0.05, 0) is 29.5 Å². The first kappa shape index (κ1) is 20.7. The molecule has 0 bridgehead atoms. The number of ether oxygens (including phenoxy) is 2. The largest absolute Gasteiger partial charge is 0.493 e. The smallest absolute Gasteiger partial charge is 0.293 e. The molecule has 1 saturated heterocycles. The van der Waals surface area contributed by atoms with E-state index in [-0.39, 0.29) is 22.7 Å². The highest BCUT2D eigenvalue weighted by Crippen LogP contribution is 2.38. The van der Waals surface area contributed by atoms with Crippen LogP contribution in [0.3, 0.4) is 0 Å². The molecule has 2 amide bonds. The highest BCUT2D eigenvalue weighted by atomic mass is 35.5. The molecule has 0 atom stereocenters. The summed E-state index contributed by atoms with van der Waals surface area (Å²) < 4.78 is 10.4. The van der Waals surface area contributed by atoms with Crippen LogP contribution in [0.25, 0.3) is 6.08 Å². The first-order valence-corrected chi connectivity index (χ1v) is 9.44. The number of halogens is 1. The average molecular weight is 435 g/mol. The number of nitrogens with zero attached hydrogens (tertiary/aromatic N) is 2. The maximum atomic E-state index is 12.7. The molecule has 0 spiro atoms. The molecule has 1 aliphatic heterocycles. The third-order valence-corrected chi connectivity index (χ3v) is 5.41. The molecule has 0 aliphatic carbocycles. The number of para-hydroxylation sites is 1. The molecule has 1 fully saturated rings. The van der Waals surface area contributed by atoms with Gasteiger partial charge in [-0.15, -0.1) is 0 Å². The molecule has 2 aromatic carbocycles. The van der Waals surface area contributed by atoms with Gasteiger partial charge in [-0.1, -0.05) is 29.8 Å². The Morgan fingerprint density at radius 2 is 1.83 bits per heavy atom. The van der Waals surface area contributed by atoms with E-state index in [1.54, 1.807) is 18.2 Å². The van der Waals surface area contributed by atoms with Gasteiger partial charge in [0.25, 0.3) is 16.8 Å². The molecule has 1 aliphatic rings. The summed E-state index contributed by atoms with van der Waals surface area (Å²) in [5.41, 5.74) is 0.587. The van der Waals surface area contributed by atoms with E-state index in [1.807, 2.05) is 0 Å². The van der Waals surface area contributed by atoms with E-state index in [1.165, 1.54) is 38.5 Å². The van der Waals surface area contributed by atoms with E-state index in [0.29, 0.717) is 22.1 Å². The second-order valence-corrected chi connectivity index (χ2v) is 7.28. The van der Waals surface area contributed by atoms with Crippen molar-refractivity contribution in [2.24, 2.45) is 0 Å². The molecule has 3 rings (SSSR count). The first-order chi connectivity index (χ1) is 13.8. The number of methoxy groups -OCH3 is 2. The number of hydrogen-bond acceptors (Lipinski definition) is 7. The van der Waals surface area contributed by atoms with Crippen molar-refractivity contribution >= 4 is 46.3 Å². The van der Waals surface area contributed by atoms with Crippen LogP contribution in [0.15, 0.2) is 41.3 Å². The van der Waals surface area contributed by atoms with Gasteiger partial charge in [-0.25, -0.2) is 0 Å². The SMILES string of the molecule is COc1cc(Cl)c(/C=C2\SC(=O)N(Cc3ccccc3[N+](=O)[O-])C2=O)cc1OC. The van der Waals surface area contributed by atoms with Gasteiger partial charge in [0.15, 0.2) is 11.5 Å². The van der Waals surface area contributed by atoms with E-state index in [0.717, 1.165) is 16.7 Å². The Kier molecular flexibility index (Phi) is 6.09. The van der Waals surface area contributed by atoms with Crippen molar-refractivity contribution in [2.75, 3.05) is 14.2 Å². The van der Waals surface area contributed by atoms with Crippen LogP contribution in [-0.4, -0.2) is 35.2 Å². The second-order valence-electron chi connectivity index (χ2n) is 5.88. The molecule has 1 heterocycles. The van der Waals surface area contributed by atoms with Crippen molar-refractivity contribution in [2.45, 2.75) is 6.54 Å². The van der Waals surface area contributed by atoms with Crippen LogP contribution >= 0.6 is 23.4 Å². The molecule has 8 nitrogen and oxygen atoms in total. The van der Waals surface area contributed by atoms with Crippen molar-refractivity contribution in [3.8, 4) is 11.5 Å². The van der Waals surface area contributed by atoms with Crippen LogP contribution in [0, 0.1) is 10.1 Å². The van der Waals surface area contributed by atoms with Crippen LogP contribution < -0.4 is 9.47 Å². The quantitative estimate of drug-likeness (QED) is 0.375. The fourth-order valence-electron chi connectivity index (χ4n) is 2.75. The molecule has 0 saturated carbocycles. The van der Waals surface area contributed by atoms with Crippen LogP contribution in [0.2, 0.25) is 5.02 Å². The van der Waals surface area contributed by atoms with Crippen molar-refractivity contribution in [1.82, 2.24) is 4.90 Å². The highest BCUT2D eigenvalue weighted by Gasteiger charge is 2.36. The molecule has 0 aromatic heterocycles. The molecule has 0 N–H and O–H groups in total. The minimum Gasteiger partial charge on any atom is -0.493 e. The first-order valence-electron chi connectivity index (χ1n) is 8.25. The molecular weight excluding hydrogens is 420 g/mol. The van der Waals surface area contributed by atoms with Gasteiger partial charge in [0, 0.05) is 17.7 Å². The number of amides is 2. The monoisotopic (exact) mass is 434 g/mol. The summed E-state index contributed by atoms with van der Waals surface area (Å²) in [6.45, 7) is -0.196. The molecular formula is C19H15ClN2O6S. The predicted octanol–water partition coefficient (Wildman–Crippen LogP) is 4.50. The number of rotatable bonds is 6. The maximum Gasteiger partial charge on any atom is 0.293 e. The Balaban J connectivity index is 1.91. The zero-order valence-electron chi connectivity index (χ0n) is 15.4. The number of hydrogen-bond donors (Lipinski definition) is 0. The molecule has 0 unspecified atom stereocenters. The van der Waals surface area contributed by atoms with E-state index < -0.39 is 16.1 Å². The summed E-state index contributed by atoms with van der Waals surface area (Å²) >= 11 is 6.99. The van der Waals surface area contributed by atoms with Crippen molar-refractivity contribution in [3.63, 3.8) is 0 Å². The number of carbonyl (C=O) groups is 2. The Morgan fingerprint density at radius 3 is 2.48 bits per heavy atom. The Labute approximate surface area is 175 Å². The average Bonchev–Trinajstić information content (AvgIpc) is 2.96. The lowest BCUT2D eigenvalue weighted by atomic mass is 10.1. The van der Waals surface area contributed by atoms with E-state index in [4.69, 9.17) is 21.1 Å². The molecule has 29 heavy (non-hydrogen) atoms. The molecule has 10 heteroatoms. The fourth-order valence-corrected chi connectivity index (χ4v) is 3.79. The number of imide groups is 1. The minimum atomic E-state index is -0.552. The van der Waals surface area contributed by atoms with Crippen molar-refractivity contribution in [3.05, 3.63) is 67.6 Å². The van der Waals surface area contributed by atoms with Gasteiger partial charge >= 0.3 is 0 Å². The summed E-state index contributed by atoms with van der Waals surface area (Å²) in [4.78, 5) is 36.9. The zero-order valence-corrected chi connectivity index (χ0v) is 17.0. The fraction of sp³-hybridized carbons (Fsp3) is 0.158. The van der Waals surface area contributed by atoms with Gasteiger partial charge < -0.3 is 9.47 Å². The third-order valence-electron chi connectivity index (χ3n) is 4.18. The lowest BCUT2D eigenvalue weighted by Crippen LogP contribution is -2.27. The van der Waals surface area contributed by atoms with Crippen molar-refractivity contribution in [1.29, 1.82) is 0 Å². The molecule has 0 radical (unpaired) electrons. The summed E-state index contributed by atoms with van der Waals surface area (Å²) in [5, 5.41) is 11.0. The third kappa shape index (κ3) is 4.20. The summed E-state index contributed by atoms with van der Waals surface area (Å²) in [6.07, 6.45) is 1.48. The van der Waals surface area contributed by atoms with Gasteiger partial charge in [0.1, 0.15) is 0 Å². The van der Waals surface area contributed by atoms with Gasteiger partial charge in [-0.3, -0.25) is 24.6 Å².